The first-order chi connectivity index (χ1) is 8.74. The third-order valence-corrected chi connectivity index (χ3v) is 4.56. The van der Waals surface area contributed by atoms with Gasteiger partial charge in [0.25, 0.3) is 0 Å². The molecule has 0 amide bonds. The molecule has 1 aliphatic rings. The van der Waals surface area contributed by atoms with Crippen molar-refractivity contribution in [3.05, 3.63) is 0 Å². The van der Waals surface area contributed by atoms with E-state index >= 15 is 0 Å². The van der Waals surface area contributed by atoms with Crippen molar-refractivity contribution in [1.29, 1.82) is 0 Å². The molecule has 0 saturated heterocycles. The molecule has 1 N–H and O–H groups in total. The van der Waals surface area contributed by atoms with Gasteiger partial charge in [-0.15, -0.1) is 0 Å². The van der Waals surface area contributed by atoms with Crippen LogP contribution in [0.4, 0.5) is 0 Å². The molecule has 0 aromatic carbocycles. The third-order valence-electron chi connectivity index (χ3n) is 4.56. The Morgan fingerprint density at radius 1 is 1.21 bits per heavy atom. The lowest BCUT2D eigenvalue weighted by Gasteiger charge is -2.44. The van der Waals surface area contributed by atoms with Crippen molar-refractivity contribution < 1.29 is 0 Å². The molecule has 0 aromatic rings. The lowest BCUT2D eigenvalue weighted by molar-refractivity contribution is 0.0789. The summed E-state index contributed by atoms with van der Waals surface area (Å²) in [6.45, 7) is 16.3. The lowest BCUT2D eigenvalue weighted by atomic mass is 9.76. The maximum absolute atomic E-state index is 3.72. The van der Waals surface area contributed by atoms with Crippen LogP contribution in [0.15, 0.2) is 0 Å². The molecule has 3 atom stereocenters. The Morgan fingerprint density at radius 2 is 1.84 bits per heavy atom. The molecular weight excluding hydrogens is 232 g/mol. The van der Waals surface area contributed by atoms with E-state index in [1.54, 1.807) is 0 Å². The number of hydrogen-bond acceptors (Lipinski definition) is 2. The van der Waals surface area contributed by atoms with Crippen LogP contribution in [-0.4, -0.2) is 37.1 Å². The number of rotatable bonds is 5. The summed E-state index contributed by atoms with van der Waals surface area (Å²) in [4.78, 5) is 2.61. The van der Waals surface area contributed by atoms with E-state index in [0.717, 1.165) is 18.4 Å². The van der Waals surface area contributed by atoms with Crippen molar-refractivity contribution in [2.24, 2.45) is 17.3 Å². The SMILES string of the molecule is CCNC1CCC(C(C)C)CC1N(C)CC(C)(C)C. The maximum Gasteiger partial charge on any atom is 0.0249 e. The second-order valence-corrected chi connectivity index (χ2v) is 8.02. The Kier molecular flexibility index (Phi) is 6.32. The monoisotopic (exact) mass is 268 g/mol. The molecule has 1 fully saturated rings. The fourth-order valence-electron chi connectivity index (χ4n) is 3.64. The second-order valence-electron chi connectivity index (χ2n) is 8.02. The molecule has 2 heteroatoms. The molecule has 3 unspecified atom stereocenters. The van der Waals surface area contributed by atoms with Crippen LogP contribution in [-0.2, 0) is 0 Å². The van der Waals surface area contributed by atoms with Crippen molar-refractivity contribution in [3.8, 4) is 0 Å². The topological polar surface area (TPSA) is 15.3 Å². The van der Waals surface area contributed by atoms with E-state index < -0.39 is 0 Å². The third kappa shape index (κ3) is 5.43. The molecule has 0 bridgehead atoms. The predicted molar refractivity (Wildman–Crippen MR) is 85.5 cm³/mol. The molecule has 1 saturated carbocycles. The molecule has 2 nitrogen and oxygen atoms in total. The average Bonchev–Trinajstić information content (AvgIpc) is 2.27. The molecule has 1 rings (SSSR count). The average molecular weight is 268 g/mol. The minimum absolute atomic E-state index is 0.385. The smallest absolute Gasteiger partial charge is 0.0249 e. The lowest BCUT2D eigenvalue weighted by Crippen LogP contribution is -2.54. The molecule has 19 heavy (non-hydrogen) atoms. The van der Waals surface area contributed by atoms with Gasteiger partial charge in [-0.1, -0.05) is 41.5 Å². The Labute approximate surface area is 121 Å². The Bertz CT molecular complexity index is 254. The van der Waals surface area contributed by atoms with Gasteiger partial charge < -0.3 is 10.2 Å². The first-order valence-corrected chi connectivity index (χ1v) is 8.18. The van der Waals surface area contributed by atoms with Gasteiger partial charge in [0, 0.05) is 18.6 Å². The summed E-state index contributed by atoms with van der Waals surface area (Å²) < 4.78 is 0. The summed E-state index contributed by atoms with van der Waals surface area (Å²) in [5.74, 6) is 1.73. The van der Waals surface area contributed by atoms with Crippen molar-refractivity contribution in [3.63, 3.8) is 0 Å². The van der Waals surface area contributed by atoms with Crippen LogP contribution in [0, 0.1) is 17.3 Å². The summed E-state index contributed by atoms with van der Waals surface area (Å²) in [6, 6.07) is 1.40. The van der Waals surface area contributed by atoms with Gasteiger partial charge in [0.1, 0.15) is 0 Å². The molecule has 114 valence electrons. The van der Waals surface area contributed by atoms with Crippen LogP contribution < -0.4 is 5.32 Å². The predicted octanol–water partition coefficient (Wildman–Crippen LogP) is 3.77. The van der Waals surface area contributed by atoms with Gasteiger partial charge in [-0.25, -0.2) is 0 Å². The molecular formula is C17H36N2. The first-order valence-electron chi connectivity index (χ1n) is 8.18. The highest BCUT2D eigenvalue weighted by atomic mass is 15.2. The van der Waals surface area contributed by atoms with Gasteiger partial charge in [0.15, 0.2) is 0 Å². The van der Waals surface area contributed by atoms with E-state index in [1.807, 2.05) is 0 Å². The van der Waals surface area contributed by atoms with Crippen LogP contribution in [0.25, 0.3) is 0 Å². The van der Waals surface area contributed by atoms with Gasteiger partial charge in [-0.3, -0.25) is 0 Å². The maximum atomic E-state index is 3.72. The van der Waals surface area contributed by atoms with Crippen molar-refractivity contribution in [1.82, 2.24) is 10.2 Å². The minimum atomic E-state index is 0.385. The Morgan fingerprint density at radius 3 is 2.32 bits per heavy atom. The molecule has 0 aliphatic heterocycles. The zero-order valence-electron chi connectivity index (χ0n) is 14.3. The normalized spacial score (nSPS) is 29.2. The molecule has 0 heterocycles. The van der Waals surface area contributed by atoms with Gasteiger partial charge >= 0.3 is 0 Å². The Balaban J connectivity index is 2.70. The van der Waals surface area contributed by atoms with E-state index in [4.69, 9.17) is 0 Å². The quantitative estimate of drug-likeness (QED) is 0.816. The van der Waals surface area contributed by atoms with Crippen LogP contribution in [0.1, 0.15) is 60.8 Å². The van der Waals surface area contributed by atoms with E-state index in [-0.39, 0.29) is 0 Å². The molecule has 0 spiro atoms. The standard InChI is InChI=1S/C17H36N2/c1-8-18-15-10-9-14(13(2)3)11-16(15)19(7)12-17(4,5)6/h13-16,18H,8-12H2,1-7H3. The number of nitrogens with zero attached hydrogens (tertiary/aromatic N) is 1. The van der Waals surface area contributed by atoms with Gasteiger partial charge in [-0.05, 0) is 50.1 Å². The fraction of sp³-hybridized carbons (Fsp3) is 1.00. The van der Waals surface area contributed by atoms with Gasteiger partial charge in [0.05, 0.1) is 0 Å². The van der Waals surface area contributed by atoms with Crippen molar-refractivity contribution in [2.75, 3.05) is 20.1 Å². The van der Waals surface area contributed by atoms with E-state index in [9.17, 15) is 0 Å². The zero-order chi connectivity index (χ0) is 14.6. The van der Waals surface area contributed by atoms with Crippen LogP contribution in [0.3, 0.4) is 0 Å². The highest BCUT2D eigenvalue weighted by Crippen LogP contribution is 2.33. The number of nitrogens with one attached hydrogen (secondary N) is 1. The van der Waals surface area contributed by atoms with Crippen molar-refractivity contribution >= 4 is 0 Å². The summed E-state index contributed by atoms with van der Waals surface area (Å²) in [6.07, 6.45) is 4.10. The zero-order valence-corrected chi connectivity index (χ0v) is 14.3. The summed E-state index contributed by atoms with van der Waals surface area (Å²) in [7, 11) is 2.32. The fourth-order valence-corrected chi connectivity index (χ4v) is 3.64. The molecule has 0 aromatic heterocycles. The Hall–Kier alpha value is -0.0800. The van der Waals surface area contributed by atoms with Crippen LogP contribution >= 0.6 is 0 Å². The largest absolute Gasteiger partial charge is 0.313 e. The molecule has 0 radical (unpaired) electrons. The van der Waals surface area contributed by atoms with E-state index in [0.29, 0.717) is 17.5 Å². The summed E-state index contributed by atoms with van der Waals surface area (Å²) in [5, 5.41) is 3.72. The minimum Gasteiger partial charge on any atom is -0.313 e. The highest BCUT2D eigenvalue weighted by molar-refractivity contribution is 4.91. The van der Waals surface area contributed by atoms with E-state index in [1.165, 1.54) is 25.8 Å². The van der Waals surface area contributed by atoms with Crippen molar-refractivity contribution in [2.45, 2.75) is 72.9 Å². The first kappa shape index (κ1) is 17.0. The molecule has 1 aliphatic carbocycles. The summed E-state index contributed by atoms with van der Waals surface area (Å²) >= 11 is 0. The van der Waals surface area contributed by atoms with Crippen LogP contribution in [0.5, 0.6) is 0 Å². The number of likely N-dealkylation sites (N-methyl/N-ethyl adjacent to an activating group) is 2. The second kappa shape index (κ2) is 7.08. The number of hydrogen-bond donors (Lipinski definition) is 1. The van der Waals surface area contributed by atoms with E-state index in [2.05, 4.69) is 58.8 Å². The highest BCUT2D eigenvalue weighted by Gasteiger charge is 2.34. The van der Waals surface area contributed by atoms with Crippen LogP contribution in [0.2, 0.25) is 0 Å². The van der Waals surface area contributed by atoms with Gasteiger partial charge in [-0.2, -0.15) is 0 Å². The summed E-state index contributed by atoms with van der Waals surface area (Å²) in [5.41, 5.74) is 0.385. The van der Waals surface area contributed by atoms with Gasteiger partial charge in [0.2, 0.25) is 0 Å².